The monoisotopic (exact) mass is 390 g/mol. The van der Waals surface area contributed by atoms with Gasteiger partial charge in [0.2, 0.25) is 0 Å². The van der Waals surface area contributed by atoms with Crippen molar-refractivity contribution in [3.63, 3.8) is 0 Å². The number of rotatable bonds is 11. The normalized spacial score (nSPS) is 11.7. The highest BCUT2D eigenvalue weighted by molar-refractivity contribution is 6.00. The number of hydrogen-bond donors (Lipinski definition) is 0. The van der Waals surface area contributed by atoms with E-state index in [1.165, 1.54) is 7.11 Å². The molecule has 154 valence electrons. The highest BCUT2D eigenvalue weighted by atomic mass is 16.5. The van der Waals surface area contributed by atoms with Crippen LogP contribution in [0.2, 0.25) is 0 Å². The highest BCUT2D eigenvalue weighted by Crippen LogP contribution is 2.37. The van der Waals surface area contributed by atoms with E-state index in [4.69, 9.17) is 14.2 Å². The summed E-state index contributed by atoms with van der Waals surface area (Å²) >= 11 is 0. The number of hydrogen-bond acceptors (Lipinski definition) is 10. The molecule has 10 nitrogen and oxygen atoms in total. The van der Waals surface area contributed by atoms with Crippen LogP contribution in [0.3, 0.4) is 0 Å². The number of methoxy groups -OCH3 is 5. The Hall–Kier alpha value is -2.65. The van der Waals surface area contributed by atoms with Gasteiger partial charge in [-0.25, -0.2) is 0 Å². The summed E-state index contributed by atoms with van der Waals surface area (Å²) < 4.78 is 23.3. The van der Waals surface area contributed by atoms with Crippen molar-refractivity contribution in [1.82, 2.24) is 0 Å². The fraction of sp³-hybridized carbons (Fsp3) is 0.706. The molecule has 0 N–H and O–H groups in total. The Morgan fingerprint density at radius 1 is 0.704 bits per heavy atom. The largest absolute Gasteiger partial charge is 0.469 e. The van der Waals surface area contributed by atoms with Gasteiger partial charge in [0.25, 0.3) is 0 Å². The van der Waals surface area contributed by atoms with E-state index in [1.807, 2.05) is 0 Å². The molecule has 0 saturated heterocycles. The number of ether oxygens (including phenoxy) is 5. The average molecular weight is 390 g/mol. The Balaban J connectivity index is 5.84. The smallest absolute Gasteiger partial charge is 0.323 e. The van der Waals surface area contributed by atoms with Gasteiger partial charge in [-0.15, -0.1) is 0 Å². The summed E-state index contributed by atoms with van der Waals surface area (Å²) in [6.07, 6.45) is -1.12. The standard InChI is InChI=1S/C17H26O10/c1-23-12(18)7-6-11(14(20)25-3)10-17(15(21)26-4,16(22)27-5)9-8-13(19)24-2/h11H,6-10H2,1-5H3. The van der Waals surface area contributed by atoms with Crippen LogP contribution >= 0.6 is 0 Å². The Morgan fingerprint density at radius 2 is 1.19 bits per heavy atom. The average Bonchev–Trinajstić information content (AvgIpc) is 2.70. The molecular formula is C17H26O10. The Labute approximate surface area is 157 Å². The van der Waals surface area contributed by atoms with Crippen molar-refractivity contribution in [1.29, 1.82) is 0 Å². The lowest BCUT2D eigenvalue weighted by Crippen LogP contribution is -2.44. The van der Waals surface area contributed by atoms with Crippen LogP contribution in [-0.2, 0) is 47.7 Å². The van der Waals surface area contributed by atoms with Crippen molar-refractivity contribution in [2.75, 3.05) is 35.5 Å². The second-order valence-electron chi connectivity index (χ2n) is 5.68. The molecule has 0 aliphatic carbocycles. The van der Waals surface area contributed by atoms with Crippen LogP contribution in [0.4, 0.5) is 0 Å². The molecule has 0 radical (unpaired) electrons. The third kappa shape index (κ3) is 6.87. The maximum Gasteiger partial charge on any atom is 0.323 e. The van der Waals surface area contributed by atoms with Crippen molar-refractivity contribution in [3.8, 4) is 0 Å². The second kappa shape index (κ2) is 11.9. The molecule has 0 fully saturated rings. The maximum absolute atomic E-state index is 12.5. The first kappa shape index (κ1) is 24.4. The van der Waals surface area contributed by atoms with Crippen molar-refractivity contribution < 1.29 is 47.7 Å². The minimum absolute atomic E-state index is 0.0344. The predicted molar refractivity (Wildman–Crippen MR) is 89.1 cm³/mol. The predicted octanol–water partition coefficient (Wildman–Crippen LogP) is 0.405. The third-order valence-electron chi connectivity index (χ3n) is 4.19. The first-order valence-corrected chi connectivity index (χ1v) is 8.10. The fourth-order valence-corrected chi connectivity index (χ4v) is 2.65. The quantitative estimate of drug-likeness (QED) is 0.277. The molecule has 0 rings (SSSR count). The fourth-order valence-electron chi connectivity index (χ4n) is 2.65. The van der Waals surface area contributed by atoms with Gasteiger partial charge >= 0.3 is 29.8 Å². The summed E-state index contributed by atoms with van der Waals surface area (Å²) in [6, 6.07) is 0. The first-order chi connectivity index (χ1) is 12.7. The topological polar surface area (TPSA) is 132 Å². The minimum Gasteiger partial charge on any atom is -0.469 e. The number of carbonyl (C=O) groups is 5. The zero-order valence-electron chi connectivity index (χ0n) is 16.2. The van der Waals surface area contributed by atoms with E-state index in [0.717, 1.165) is 28.4 Å². The zero-order valence-corrected chi connectivity index (χ0v) is 16.2. The van der Waals surface area contributed by atoms with Crippen LogP contribution in [0, 0.1) is 11.3 Å². The zero-order chi connectivity index (χ0) is 21.0. The molecule has 0 aliphatic heterocycles. The third-order valence-corrected chi connectivity index (χ3v) is 4.19. The lowest BCUT2D eigenvalue weighted by molar-refractivity contribution is -0.172. The molecule has 0 aromatic rings. The van der Waals surface area contributed by atoms with Crippen molar-refractivity contribution >= 4 is 29.8 Å². The van der Waals surface area contributed by atoms with Crippen molar-refractivity contribution in [2.45, 2.75) is 32.1 Å². The molecule has 0 aromatic carbocycles. The van der Waals surface area contributed by atoms with E-state index in [2.05, 4.69) is 9.47 Å². The van der Waals surface area contributed by atoms with Gasteiger partial charge in [0.1, 0.15) is 0 Å². The van der Waals surface area contributed by atoms with Gasteiger partial charge < -0.3 is 23.7 Å². The molecule has 0 spiro atoms. The highest BCUT2D eigenvalue weighted by Gasteiger charge is 2.51. The Kier molecular flexibility index (Phi) is 10.7. The van der Waals surface area contributed by atoms with Gasteiger partial charge in [0.15, 0.2) is 5.41 Å². The molecule has 0 aromatic heterocycles. The SMILES string of the molecule is COC(=O)CCC(CC(CCC(=O)OC)(C(=O)OC)C(=O)OC)C(=O)OC. The van der Waals surface area contributed by atoms with Gasteiger partial charge in [-0.1, -0.05) is 0 Å². The molecule has 0 saturated carbocycles. The van der Waals surface area contributed by atoms with Crippen LogP contribution in [0.25, 0.3) is 0 Å². The number of esters is 5. The van der Waals surface area contributed by atoms with E-state index in [-0.39, 0.29) is 32.1 Å². The Bertz CT molecular complexity index is 538. The van der Waals surface area contributed by atoms with Crippen LogP contribution in [-0.4, -0.2) is 65.4 Å². The summed E-state index contributed by atoms with van der Waals surface area (Å²) in [5, 5.41) is 0. The summed E-state index contributed by atoms with van der Waals surface area (Å²) in [5.74, 6) is -4.90. The summed E-state index contributed by atoms with van der Waals surface area (Å²) in [5.41, 5.74) is -1.94. The van der Waals surface area contributed by atoms with Gasteiger partial charge in [-0.2, -0.15) is 0 Å². The molecule has 27 heavy (non-hydrogen) atoms. The van der Waals surface area contributed by atoms with Crippen molar-refractivity contribution in [2.24, 2.45) is 11.3 Å². The lowest BCUT2D eigenvalue weighted by Gasteiger charge is -2.30. The molecule has 0 bridgehead atoms. The maximum atomic E-state index is 12.5. The van der Waals surface area contributed by atoms with E-state index < -0.39 is 41.2 Å². The van der Waals surface area contributed by atoms with Crippen molar-refractivity contribution in [3.05, 3.63) is 0 Å². The molecule has 1 unspecified atom stereocenters. The molecule has 0 aliphatic rings. The van der Waals surface area contributed by atoms with Crippen LogP contribution in [0.15, 0.2) is 0 Å². The van der Waals surface area contributed by atoms with Crippen LogP contribution in [0.1, 0.15) is 32.1 Å². The van der Waals surface area contributed by atoms with Gasteiger partial charge in [-0.05, 0) is 19.3 Å². The molecule has 1 atom stereocenters. The summed E-state index contributed by atoms with van der Waals surface area (Å²) in [4.78, 5) is 60.0. The van der Waals surface area contributed by atoms with E-state index in [9.17, 15) is 24.0 Å². The molecule has 10 heteroatoms. The molecule has 0 heterocycles. The van der Waals surface area contributed by atoms with Crippen LogP contribution in [0.5, 0.6) is 0 Å². The molecular weight excluding hydrogens is 364 g/mol. The van der Waals surface area contributed by atoms with E-state index in [0.29, 0.717) is 0 Å². The van der Waals surface area contributed by atoms with Gasteiger partial charge in [0, 0.05) is 12.8 Å². The summed E-state index contributed by atoms with van der Waals surface area (Å²) in [7, 11) is 5.63. The molecule has 0 amide bonds. The van der Waals surface area contributed by atoms with Gasteiger partial charge in [-0.3, -0.25) is 24.0 Å². The Morgan fingerprint density at radius 3 is 1.59 bits per heavy atom. The summed E-state index contributed by atoms with van der Waals surface area (Å²) in [6.45, 7) is 0. The number of carbonyl (C=O) groups excluding carboxylic acids is 5. The van der Waals surface area contributed by atoms with E-state index in [1.54, 1.807) is 0 Å². The first-order valence-electron chi connectivity index (χ1n) is 8.10. The second-order valence-corrected chi connectivity index (χ2v) is 5.68. The van der Waals surface area contributed by atoms with Gasteiger partial charge in [0.05, 0.1) is 41.5 Å². The van der Waals surface area contributed by atoms with Crippen LogP contribution < -0.4 is 0 Å². The lowest BCUT2D eigenvalue weighted by atomic mass is 9.74. The minimum atomic E-state index is -1.94. The van der Waals surface area contributed by atoms with E-state index >= 15 is 0 Å².